The summed E-state index contributed by atoms with van der Waals surface area (Å²) in [6.45, 7) is 2.02. The van der Waals surface area contributed by atoms with E-state index in [1.54, 1.807) is 0 Å². The highest BCUT2D eigenvalue weighted by atomic mass is 16.1. The number of hydrogen-bond acceptors (Lipinski definition) is 3. The fraction of sp³-hybridized carbons (Fsp3) is 0.733. The Bertz CT molecular complexity index is 540. The van der Waals surface area contributed by atoms with E-state index in [1.165, 1.54) is 25.1 Å². The van der Waals surface area contributed by atoms with Crippen LogP contribution in [0.25, 0.3) is 0 Å². The maximum atomic E-state index is 11.5. The molecule has 20 heavy (non-hydrogen) atoms. The molecule has 1 aromatic heterocycles. The summed E-state index contributed by atoms with van der Waals surface area (Å²) in [4.78, 5) is 16.1. The van der Waals surface area contributed by atoms with Gasteiger partial charge >= 0.3 is 0 Å². The van der Waals surface area contributed by atoms with Crippen molar-refractivity contribution >= 4 is 5.91 Å². The molecule has 0 radical (unpaired) electrons. The second kappa shape index (κ2) is 4.32. The zero-order chi connectivity index (χ0) is 13.7. The van der Waals surface area contributed by atoms with Crippen molar-refractivity contribution in [1.82, 2.24) is 14.9 Å². The standard InChI is InChI=1S/C15H22N4O/c16-13(20)10-3-4-18-15(8-10)9-12(15)11-2-1-6-19-7-5-17-14(11)19/h5,7,10-12,18H,1-4,6,8-9H2,(H2,16,20)/t10?,11-,12?,15?/m0/s1. The van der Waals surface area contributed by atoms with Gasteiger partial charge in [-0.1, -0.05) is 0 Å². The van der Waals surface area contributed by atoms with E-state index < -0.39 is 0 Å². The molecule has 2 fully saturated rings. The van der Waals surface area contributed by atoms with Crippen LogP contribution in [0.5, 0.6) is 0 Å². The maximum absolute atomic E-state index is 11.5. The van der Waals surface area contributed by atoms with Crippen LogP contribution >= 0.6 is 0 Å². The second-order valence-corrected chi connectivity index (χ2v) is 6.71. The first-order chi connectivity index (χ1) is 9.70. The van der Waals surface area contributed by atoms with Crippen LogP contribution in [-0.2, 0) is 11.3 Å². The second-order valence-electron chi connectivity index (χ2n) is 6.71. The summed E-state index contributed by atoms with van der Waals surface area (Å²) >= 11 is 0. The molecule has 1 spiro atoms. The first-order valence-electron chi connectivity index (χ1n) is 7.75. The van der Waals surface area contributed by atoms with Gasteiger partial charge in [0.05, 0.1) is 0 Å². The van der Waals surface area contributed by atoms with Crippen LogP contribution in [0.15, 0.2) is 12.4 Å². The third-order valence-electron chi connectivity index (χ3n) is 5.60. The smallest absolute Gasteiger partial charge is 0.220 e. The number of primary amides is 1. The highest BCUT2D eigenvalue weighted by Crippen LogP contribution is 2.58. The molecule has 3 aliphatic rings. The van der Waals surface area contributed by atoms with E-state index in [-0.39, 0.29) is 17.4 Å². The van der Waals surface area contributed by atoms with E-state index in [1.807, 2.05) is 6.20 Å². The van der Waals surface area contributed by atoms with Crippen LogP contribution in [0.2, 0.25) is 0 Å². The molecule has 3 unspecified atom stereocenters. The van der Waals surface area contributed by atoms with Crippen molar-refractivity contribution in [3.63, 3.8) is 0 Å². The fourth-order valence-electron chi connectivity index (χ4n) is 4.48. The number of carbonyl (C=O) groups excluding carboxylic acids is 1. The van der Waals surface area contributed by atoms with E-state index in [0.717, 1.165) is 25.9 Å². The number of nitrogens with one attached hydrogen (secondary N) is 1. The Morgan fingerprint density at radius 3 is 3.20 bits per heavy atom. The molecule has 4 rings (SSSR count). The topological polar surface area (TPSA) is 72.9 Å². The number of carbonyl (C=O) groups is 1. The van der Waals surface area contributed by atoms with Crippen LogP contribution in [-0.4, -0.2) is 27.5 Å². The van der Waals surface area contributed by atoms with Gasteiger partial charge in [0.2, 0.25) is 5.91 Å². The molecule has 108 valence electrons. The van der Waals surface area contributed by atoms with Crippen molar-refractivity contribution in [3.05, 3.63) is 18.2 Å². The number of nitrogens with two attached hydrogens (primary N) is 1. The van der Waals surface area contributed by atoms with Gasteiger partial charge in [-0.2, -0.15) is 0 Å². The van der Waals surface area contributed by atoms with E-state index in [4.69, 9.17) is 5.73 Å². The minimum atomic E-state index is -0.123. The molecule has 1 amide bonds. The highest BCUT2D eigenvalue weighted by Gasteiger charge is 2.60. The average molecular weight is 274 g/mol. The molecule has 4 atom stereocenters. The first kappa shape index (κ1) is 12.4. The lowest BCUT2D eigenvalue weighted by Gasteiger charge is -2.32. The van der Waals surface area contributed by atoms with Gasteiger partial charge in [-0.15, -0.1) is 0 Å². The summed E-state index contributed by atoms with van der Waals surface area (Å²) in [5.74, 6) is 2.37. The van der Waals surface area contributed by atoms with Gasteiger partial charge in [0.15, 0.2) is 0 Å². The van der Waals surface area contributed by atoms with Gasteiger partial charge < -0.3 is 15.6 Å². The van der Waals surface area contributed by atoms with Crippen LogP contribution in [0.4, 0.5) is 0 Å². The third kappa shape index (κ3) is 1.79. The number of amides is 1. The highest BCUT2D eigenvalue weighted by molar-refractivity contribution is 5.77. The Balaban J connectivity index is 1.54. The van der Waals surface area contributed by atoms with Crippen LogP contribution in [0.1, 0.15) is 43.8 Å². The van der Waals surface area contributed by atoms with Crippen LogP contribution in [0, 0.1) is 11.8 Å². The van der Waals surface area contributed by atoms with Crippen molar-refractivity contribution < 1.29 is 4.79 Å². The lowest BCUT2D eigenvalue weighted by atomic mass is 9.84. The first-order valence-corrected chi connectivity index (χ1v) is 7.75. The van der Waals surface area contributed by atoms with Gasteiger partial charge in [-0.25, -0.2) is 4.98 Å². The Morgan fingerprint density at radius 2 is 2.35 bits per heavy atom. The Labute approximate surface area is 118 Å². The molecule has 1 aromatic rings. The lowest BCUT2D eigenvalue weighted by molar-refractivity contribution is -0.123. The number of imidazole rings is 1. The van der Waals surface area contributed by atoms with Crippen molar-refractivity contribution in [3.8, 4) is 0 Å². The number of hydrogen-bond donors (Lipinski definition) is 2. The van der Waals surface area contributed by atoms with Crippen molar-refractivity contribution in [2.24, 2.45) is 17.6 Å². The van der Waals surface area contributed by atoms with Gasteiger partial charge in [0.1, 0.15) is 5.82 Å². The van der Waals surface area contributed by atoms with Crippen molar-refractivity contribution in [2.75, 3.05) is 6.54 Å². The zero-order valence-electron chi connectivity index (χ0n) is 11.7. The van der Waals surface area contributed by atoms with Gasteiger partial charge in [-0.3, -0.25) is 4.79 Å². The predicted octanol–water partition coefficient (Wildman–Crippen LogP) is 1.00. The molecule has 1 aliphatic carbocycles. The summed E-state index contributed by atoms with van der Waals surface area (Å²) in [5.41, 5.74) is 5.68. The summed E-state index contributed by atoms with van der Waals surface area (Å²) in [6, 6.07) is 0. The summed E-state index contributed by atoms with van der Waals surface area (Å²) in [7, 11) is 0. The zero-order valence-corrected chi connectivity index (χ0v) is 11.7. The number of fused-ring (bicyclic) bond motifs is 1. The number of aromatic nitrogens is 2. The number of piperidine rings is 1. The predicted molar refractivity (Wildman–Crippen MR) is 75.0 cm³/mol. The quantitative estimate of drug-likeness (QED) is 0.845. The summed E-state index contributed by atoms with van der Waals surface area (Å²) in [6.07, 6.45) is 9.47. The maximum Gasteiger partial charge on any atom is 0.220 e. The van der Waals surface area contributed by atoms with Crippen molar-refractivity contribution in [1.29, 1.82) is 0 Å². The Kier molecular flexibility index (Phi) is 2.67. The van der Waals surface area contributed by atoms with Gasteiger partial charge in [0, 0.05) is 36.3 Å². The molecule has 5 heteroatoms. The van der Waals surface area contributed by atoms with Gasteiger partial charge in [0.25, 0.3) is 0 Å². The average Bonchev–Trinajstić information content (AvgIpc) is 2.92. The third-order valence-corrected chi connectivity index (χ3v) is 5.60. The monoisotopic (exact) mass is 274 g/mol. The summed E-state index contributed by atoms with van der Waals surface area (Å²) in [5, 5.41) is 3.68. The minimum Gasteiger partial charge on any atom is -0.369 e. The normalized spacial score (nSPS) is 39.5. The number of nitrogens with zero attached hydrogens (tertiary/aromatic N) is 2. The van der Waals surface area contributed by atoms with Gasteiger partial charge in [-0.05, 0) is 44.6 Å². The van der Waals surface area contributed by atoms with Crippen LogP contribution < -0.4 is 11.1 Å². The molecule has 2 aliphatic heterocycles. The van der Waals surface area contributed by atoms with E-state index >= 15 is 0 Å². The SMILES string of the molecule is NC(=O)C1CCNC2(C1)CC2[C@@H]1CCCn2ccnc21. The Hall–Kier alpha value is -1.36. The minimum absolute atomic E-state index is 0.0598. The van der Waals surface area contributed by atoms with E-state index in [0.29, 0.717) is 11.8 Å². The Morgan fingerprint density at radius 1 is 1.45 bits per heavy atom. The molecular weight excluding hydrogens is 252 g/mol. The number of aryl methyl sites for hydroxylation is 1. The largest absolute Gasteiger partial charge is 0.369 e. The van der Waals surface area contributed by atoms with E-state index in [9.17, 15) is 4.79 Å². The summed E-state index contributed by atoms with van der Waals surface area (Å²) < 4.78 is 2.30. The lowest BCUT2D eigenvalue weighted by Crippen LogP contribution is -2.46. The molecule has 1 saturated heterocycles. The molecule has 0 aromatic carbocycles. The van der Waals surface area contributed by atoms with Crippen LogP contribution in [0.3, 0.4) is 0 Å². The molecule has 3 N–H and O–H groups in total. The van der Waals surface area contributed by atoms with Crippen molar-refractivity contribution in [2.45, 2.75) is 50.1 Å². The molecule has 0 bridgehead atoms. The molecule has 3 heterocycles. The molecule has 1 saturated carbocycles. The van der Waals surface area contributed by atoms with E-state index in [2.05, 4.69) is 21.1 Å². The fourth-order valence-corrected chi connectivity index (χ4v) is 4.48. The molecule has 5 nitrogen and oxygen atoms in total. The number of rotatable bonds is 2. The molecular formula is C15H22N4O.